The molecule has 16 heavy (non-hydrogen) atoms. The van der Waals surface area contributed by atoms with Crippen molar-refractivity contribution in [2.45, 2.75) is 6.92 Å². The minimum atomic E-state index is -0.363. The zero-order chi connectivity index (χ0) is 11.5. The molecule has 0 bridgehead atoms. The van der Waals surface area contributed by atoms with Crippen LogP contribution in [0.3, 0.4) is 0 Å². The third-order valence-electron chi connectivity index (χ3n) is 2.33. The van der Waals surface area contributed by atoms with Crippen LogP contribution in [0.1, 0.15) is 5.56 Å². The molecule has 0 N–H and O–H groups in total. The maximum absolute atomic E-state index is 11.5. The number of ether oxygens (including phenoxy) is 1. The van der Waals surface area contributed by atoms with Crippen LogP contribution in [0.25, 0.3) is 11.0 Å². The summed E-state index contributed by atoms with van der Waals surface area (Å²) in [5.41, 5.74) is 0.662. The molecule has 0 aliphatic heterocycles. The highest BCUT2D eigenvalue weighted by Crippen LogP contribution is 2.26. The van der Waals surface area contributed by atoms with Crippen molar-refractivity contribution >= 4 is 11.0 Å². The van der Waals surface area contributed by atoms with Crippen molar-refractivity contribution in [3.63, 3.8) is 0 Å². The van der Waals surface area contributed by atoms with Gasteiger partial charge in [0.25, 0.3) is 0 Å². The second kappa shape index (κ2) is 4.23. The Hall–Kier alpha value is -2.03. The first-order valence-corrected chi connectivity index (χ1v) is 5.00. The van der Waals surface area contributed by atoms with E-state index in [0.29, 0.717) is 23.5 Å². The van der Waals surface area contributed by atoms with E-state index in [0.717, 1.165) is 5.39 Å². The molecule has 3 heteroatoms. The zero-order valence-corrected chi connectivity index (χ0v) is 9.03. The fraction of sp³-hybridized carbons (Fsp3) is 0.154. The SMILES string of the molecule is C=CCOc1c(C)c(=O)oc2ccccc12. The largest absolute Gasteiger partial charge is 0.488 e. The number of fused-ring (bicyclic) bond motifs is 1. The summed E-state index contributed by atoms with van der Waals surface area (Å²) < 4.78 is 10.7. The average Bonchev–Trinajstić information content (AvgIpc) is 2.30. The van der Waals surface area contributed by atoms with Crippen LogP contribution in [0.2, 0.25) is 0 Å². The molecule has 0 fully saturated rings. The molecule has 1 heterocycles. The summed E-state index contributed by atoms with van der Waals surface area (Å²) in [7, 11) is 0. The highest BCUT2D eigenvalue weighted by atomic mass is 16.5. The van der Waals surface area contributed by atoms with Crippen LogP contribution in [0.5, 0.6) is 5.75 Å². The molecule has 1 aromatic heterocycles. The molecule has 0 spiro atoms. The Morgan fingerprint density at radius 2 is 2.19 bits per heavy atom. The second-order valence-electron chi connectivity index (χ2n) is 3.44. The van der Waals surface area contributed by atoms with Crippen LogP contribution < -0.4 is 10.4 Å². The minimum Gasteiger partial charge on any atom is -0.488 e. The second-order valence-corrected chi connectivity index (χ2v) is 3.44. The van der Waals surface area contributed by atoms with Crippen molar-refractivity contribution in [2.75, 3.05) is 6.61 Å². The van der Waals surface area contributed by atoms with Gasteiger partial charge < -0.3 is 9.15 Å². The van der Waals surface area contributed by atoms with Gasteiger partial charge in [0.2, 0.25) is 0 Å². The quantitative estimate of drug-likeness (QED) is 0.585. The van der Waals surface area contributed by atoms with E-state index in [1.54, 1.807) is 19.1 Å². The third kappa shape index (κ3) is 1.72. The van der Waals surface area contributed by atoms with Crippen molar-refractivity contribution in [2.24, 2.45) is 0 Å². The first kappa shape index (κ1) is 10.5. The van der Waals surface area contributed by atoms with E-state index >= 15 is 0 Å². The number of benzene rings is 1. The van der Waals surface area contributed by atoms with Crippen LogP contribution in [0.15, 0.2) is 46.1 Å². The van der Waals surface area contributed by atoms with Crippen molar-refractivity contribution < 1.29 is 9.15 Å². The number of hydrogen-bond acceptors (Lipinski definition) is 3. The standard InChI is InChI=1S/C13H12O3/c1-3-8-15-12-9(2)13(14)16-11-7-5-4-6-10(11)12/h3-7H,1,8H2,2H3. The monoisotopic (exact) mass is 216 g/mol. The smallest absolute Gasteiger partial charge is 0.342 e. The van der Waals surface area contributed by atoms with Gasteiger partial charge in [0, 0.05) is 0 Å². The molecular formula is C13H12O3. The Labute approximate surface area is 93.0 Å². The highest BCUT2D eigenvalue weighted by Gasteiger charge is 2.11. The van der Waals surface area contributed by atoms with Crippen molar-refractivity contribution in [1.29, 1.82) is 0 Å². The van der Waals surface area contributed by atoms with Gasteiger partial charge >= 0.3 is 5.63 Å². The van der Waals surface area contributed by atoms with Gasteiger partial charge in [0.1, 0.15) is 17.9 Å². The zero-order valence-electron chi connectivity index (χ0n) is 9.03. The average molecular weight is 216 g/mol. The Balaban J connectivity index is 2.71. The van der Waals surface area contributed by atoms with Crippen molar-refractivity contribution in [3.05, 3.63) is 52.9 Å². The molecule has 0 aliphatic rings. The fourth-order valence-corrected chi connectivity index (χ4v) is 1.54. The minimum absolute atomic E-state index is 0.363. The fourth-order valence-electron chi connectivity index (χ4n) is 1.54. The Morgan fingerprint density at radius 1 is 1.44 bits per heavy atom. The van der Waals surface area contributed by atoms with Crippen LogP contribution >= 0.6 is 0 Å². The molecule has 0 aliphatic carbocycles. The molecule has 2 rings (SSSR count). The van der Waals surface area contributed by atoms with E-state index in [2.05, 4.69) is 6.58 Å². The molecule has 0 saturated carbocycles. The van der Waals surface area contributed by atoms with Crippen LogP contribution in [-0.2, 0) is 0 Å². The molecule has 0 saturated heterocycles. The molecule has 0 atom stereocenters. The highest BCUT2D eigenvalue weighted by molar-refractivity contribution is 5.84. The molecule has 0 radical (unpaired) electrons. The van der Waals surface area contributed by atoms with Gasteiger partial charge in [-0.25, -0.2) is 4.79 Å². The van der Waals surface area contributed by atoms with Gasteiger partial charge in [-0.2, -0.15) is 0 Å². The van der Waals surface area contributed by atoms with Crippen molar-refractivity contribution in [1.82, 2.24) is 0 Å². The maximum Gasteiger partial charge on any atom is 0.342 e. The Bertz CT molecular complexity index is 581. The van der Waals surface area contributed by atoms with E-state index in [-0.39, 0.29) is 5.63 Å². The summed E-state index contributed by atoms with van der Waals surface area (Å²) in [4.78, 5) is 11.5. The van der Waals surface area contributed by atoms with Crippen molar-refractivity contribution in [3.8, 4) is 5.75 Å². The molecule has 1 aromatic carbocycles. The first-order valence-electron chi connectivity index (χ1n) is 5.00. The van der Waals surface area contributed by atoms with Gasteiger partial charge in [-0.1, -0.05) is 24.8 Å². The lowest BCUT2D eigenvalue weighted by Gasteiger charge is -2.08. The van der Waals surface area contributed by atoms with E-state index in [9.17, 15) is 4.79 Å². The number of para-hydroxylation sites is 1. The van der Waals surface area contributed by atoms with Crippen LogP contribution in [0, 0.1) is 6.92 Å². The van der Waals surface area contributed by atoms with E-state index in [4.69, 9.17) is 9.15 Å². The summed E-state index contributed by atoms with van der Waals surface area (Å²) in [5.74, 6) is 0.576. The first-order chi connectivity index (χ1) is 7.74. The van der Waals surface area contributed by atoms with E-state index < -0.39 is 0 Å². The van der Waals surface area contributed by atoms with Gasteiger partial charge in [-0.15, -0.1) is 0 Å². The predicted octanol–water partition coefficient (Wildman–Crippen LogP) is 2.67. The summed E-state index contributed by atoms with van der Waals surface area (Å²) >= 11 is 0. The maximum atomic E-state index is 11.5. The van der Waals surface area contributed by atoms with E-state index in [1.165, 1.54) is 0 Å². The molecular weight excluding hydrogens is 204 g/mol. The lowest BCUT2D eigenvalue weighted by atomic mass is 10.1. The number of rotatable bonds is 3. The van der Waals surface area contributed by atoms with Gasteiger partial charge in [0.15, 0.2) is 0 Å². The summed E-state index contributed by atoms with van der Waals surface area (Å²) in [6.07, 6.45) is 1.64. The normalized spacial score (nSPS) is 10.3. The predicted molar refractivity (Wildman–Crippen MR) is 62.9 cm³/mol. The van der Waals surface area contributed by atoms with Gasteiger partial charge in [-0.3, -0.25) is 0 Å². The Kier molecular flexibility index (Phi) is 2.77. The van der Waals surface area contributed by atoms with Crippen LogP contribution in [0.4, 0.5) is 0 Å². The molecule has 82 valence electrons. The summed E-state index contributed by atoms with van der Waals surface area (Å²) in [6.45, 7) is 5.64. The molecule has 3 nitrogen and oxygen atoms in total. The van der Waals surface area contributed by atoms with E-state index in [1.807, 2.05) is 18.2 Å². The van der Waals surface area contributed by atoms with Gasteiger partial charge in [-0.05, 0) is 19.1 Å². The molecule has 0 unspecified atom stereocenters. The van der Waals surface area contributed by atoms with Crippen LogP contribution in [-0.4, -0.2) is 6.61 Å². The third-order valence-corrected chi connectivity index (χ3v) is 2.33. The topological polar surface area (TPSA) is 39.4 Å². The molecule has 0 amide bonds. The lowest BCUT2D eigenvalue weighted by molar-refractivity contribution is 0.360. The van der Waals surface area contributed by atoms with Gasteiger partial charge in [0.05, 0.1) is 10.9 Å². The summed E-state index contributed by atoms with van der Waals surface area (Å²) in [5, 5.41) is 0.807. The number of hydrogen-bond donors (Lipinski definition) is 0. The lowest BCUT2D eigenvalue weighted by Crippen LogP contribution is -2.07. The summed E-state index contributed by atoms with van der Waals surface area (Å²) in [6, 6.07) is 7.31. The Morgan fingerprint density at radius 3 is 2.94 bits per heavy atom. The molecule has 2 aromatic rings.